The molecule has 0 rings (SSSR count). The van der Waals surface area contributed by atoms with Gasteiger partial charge in [0.2, 0.25) is 0 Å². The van der Waals surface area contributed by atoms with Gasteiger partial charge in [0.15, 0.2) is 0 Å². The smallest absolute Gasteiger partial charge is 0.303 e. The zero-order valence-corrected chi connectivity index (χ0v) is 5.73. The fourth-order valence-corrected chi connectivity index (χ4v) is 0.214. The average Bonchev–Trinajstić information content (AvgIpc) is 1.85. The Bertz CT molecular complexity index is 106. The van der Waals surface area contributed by atoms with Crippen molar-refractivity contribution >= 4 is 11.9 Å². The molecule has 4 N–H and O–H groups in total. The molecular weight excluding hydrogens is 156 g/mol. The highest BCUT2D eigenvalue weighted by molar-refractivity contribution is 5.75. The van der Waals surface area contributed by atoms with Crippen molar-refractivity contribution in [3.63, 3.8) is 0 Å². The number of carboxylic acid groups (broad SMARTS) is 2. The van der Waals surface area contributed by atoms with Gasteiger partial charge in [-0.1, -0.05) is 0 Å². The standard InChI is InChI=1S/C4H6O4.CH4O2/c5-3(6)1-2-4(7)8;2-1-3/h1-2H2,(H,5,6)(H,7,8);2-3H,1H2. The van der Waals surface area contributed by atoms with Gasteiger partial charge in [-0.2, -0.15) is 0 Å². The molecule has 0 aromatic carbocycles. The number of hydrogen-bond acceptors (Lipinski definition) is 4. The van der Waals surface area contributed by atoms with Crippen molar-refractivity contribution in [3.8, 4) is 0 Å². The minimum atomic E-state index is -1.08. The summed E-state index contributed by atoms with van der Waals surface area (Å²) >= 11 is 0. The summed E-state index contributed by atoms with van der Waals surface area (Å²) in [5, 5.41) is 30.0. The average molecular weight is 166 g/mol. The van der Waals surface area contributed by atoms with E-state index in [1.807, 2.05) is 0 Å². The molecule has 66 valence electrons. The molecule has 0 aromatic heterocycles. The van der Waals surface area contributed by atoms with E-state index < -0.39 is 18.7 Å². The molecule has 0 aromatic rings. The van der Waals surface area contributed by atoms with E-state index in [0.29, 0.717) is 0 Å². The predicted octanol–water partition coefficient (Wildman–Crippen LogP) is -1.14. The lowest BCUT2D eigenvalue weighted by atomic mass is 10.3. The van der Waals surface area contributed by atoms with Crippen LogP contribution in [0.5, 0.6) is 0 Å². The van der Waals surface area contributed by atoms with Crippen LogP contribution < -0.4 is 0 Å². The van der Waals surface area contributed by atoms with Crippen molar-refractivity contribution in [1.82, 2.24) is 0 Å². The molecule has 0 aliphatic heterocycles. The number of rotatable bonds is 3. The van der Waals surface area contributed by atoms with Crippen LogP contribution in [-0.4, -0.2) is 39.2 Å². The maximum Gasteiger partial charge on any atom is 0.303 e. The highest BCUT2D eigenvalue weighted by Gasteiger charge is 2.00. The number of carboxylic acids is 2. The van der Waals surface area contributed by atoms with Gasteiger partial charge < -0.3 is 20.4 Å². The molecular formula is C5H10O6. The Kier molecular flexibility index (Phi) is 10.1. The lowest BCUT2D eigenvalue weighted by molar-refractivity contribution is -0.143. The third kappa shape index (κ3) is 28.0. The molecule has 0 saturated carbocycles. The van der Waals surface area contributed by atoms with Gasteiger partial charge in [0, 0.05) is 0 Å². The summed E-state index contributed by atoms with van der Waals surface area (Å²) in [7, 11) is 0. The minimum absolute atomic E-state index is 0.296. The van der Waals surface area contributed by atoms with Gasteiger partial charge in [-0.3, -0.25) is 9.59 Å². The van der Waals surface area contributed by atoms with E-state index in [-0.39, 0.29) is 12.8 Å². The van der Waals surface area contributed by atoms with E-state index in [1.165, 1.54) is 0 Å². The zero-order chi connectivity index (χ0) is 9.28. The Hall–Kier alpha value is -1.14. The Labute approximate surface area is 62.7 Å². The van der Waals surface area contributed by atoms with Crippen molar-refractivity contribution < 1.29 is 30.0 Å². The van der Waals surface area contributed by atoms with Crippen LogP contribution in [0.25, 0.3) is 0 Å². The summed E-state index contributed by atoms with van der Waals surface area (Å²) in [5.74, 6) is -2.15. The minimum Gasteiger partial charge on any atom is -0.481 e. The van der Waals surface area contributed by atoms with Crippen LogP contribution >= 0.6 is 0 Å². The third-order valence-corrected chi connectivity index (χ3v) is 0.553. The van der Waals surface area contributed by atoms with Gasteiger partial charge in [-0.25, -0.2) is 0 Å². The second kappa shape index (κ2) is 8.86. The highest BCUT2D eigenvalue weighted by atomic mass is 16.5. The molecule has 0 saturated heterocycles. The van der Waals surface area contributed by atoms with Gasteiger partial charge in [-0.15, -0.1) is 0 Å². The van der Waals surface area contributed by atoms with E-state index >= 15 is 0 Å². The number of carbonyl (C=O) groups is 2. The number of aliphatic carboxylic acids is 2. The van der Waals surface area contributed by atoms with Crippen molar-refractivity contribution in [2.75, 3.05) is 6.79 Å². The molecule has 11 heavy (non-hydrogen) atoms. The molecule has 0 radical (unpaired) electrons. The molecule has 0 aliphatic rings. The first-order valence-corrected chi connectivity index (χ1v) is 2.70. The molecule has 0 bridgehead atoms. The third-order valence-electron chi connectivity index (χ3n) is 0.553. The molecule has 0 amide bonds. The lowest BCUT2D eigenvalue weighted by Crippen LogP contribution is -2.00. The maximum atomic E-state index is 9.64. The van der Waals surface area contributed by atoms with E-state index in [0.717, 1.165) is 0 Å². The summed E-state index contributed by atoms with van der Waals surface area (Å²) in [6.45, 7) is -0.750. The van der Waals surface area contributed by atoms with E-state index in [9.17, 15) is 9.59 Å². The summed E-state index contributed by atoms with van der Waals surface area (Å²) in [5.41, 5.74) is 0. The van der Waals surface area contributed by atoms with Crippen LogP contribution in [0.3, 0.4) is 0 Å². The molecule has 0 unspecified atom stereocenters. The Morgan fingerprint density at radius 3 is 1.18 bits per heavy atom. The second-order valence-corrected chi connectivity index (χ2v) is 1.43. The topological polar surface area (TPSA) is 115 Å². The van der Waals surface area contributed by atoms with E-state index in [2.05, 4.69) is 0 Å². The molecule has 0 atom stereocenters. The van der Waals surface area contributed by atoms with Crippen molar-refractivity contribution in [3.05, 3.63) is 0 Å². The molecule has 0 fully saturated rings. The summed E-state index contributed by atoms with van der Waals surface area (Å²) in [4.78, 5) is 19.3. The fraction of sp³-hybridized carbons (Fsp3) is 0.600. The summed E-state index contributed by atoms with van der Waals surface area (Å²) in [6.07, 6.45) is -0.593. The van der Waals surface area contributed by atoms with Crippen molar-refractivity contribution in [2.24, 2.45) is 0 Å². The number of hydrogen-bond donors (Lipinski definition) is 4. The summed E-state index contributed by atoms with van der Waals surface area (Å²) < 4.78 is 0. The highest BCUT2D eigenvalue weighted by Crippen LogP contribution is 1.85. The van der Waals surface area contributed by atoms with Crippen LogP contribution in [0.1, 0.15) is 12.8 Å². The van der Waals surface area contributed by atoms with Gasteiger partial charge in [-0.05, 0) is 0 Å². The van der Waals surface area contributed by atoms with E-state index in [1.54, 1.807) is 0 Å². The monoisotopic (exact) mass is 166 g/mol. The van der Waals surface area contributed by atoms with E-state index in [4.69, 9.17) is 20.4 Å². The normalized spacial score (nSPS) is 7.82. The van der Waals surface area contributed by atoms with Gasteiger partial charge >= 0.3 is 11.9 Å². The first-order chi connectivity index (χ1) is 5.04. The number of aliphatic hydroxyl groups excluding tert-OH is 1. The lowest BCUT2D eigenvalue weighted by Gasteiger charge is -1.85. The molecule has 0 spiro atoms. The predicted molar refractivity (Wildman–Crippen MR) is 33.8 cm³/mol. The van der Waals surface area contributed by atoms with Crippen LogP contribution in [0.4, 0.5) is 0 Å². The second-order valence-electron chi connectivity index (χ2n) is 1.43. The van der Waals surface area contributed by atoms with Crippen molar-refractivity contribution in [2.45, 2.75) is 12.8 Å². The quantitative estimate of drug-likeness (QED) is 0.394. The maximum absolute atomic E-state index is 9.64. The van der Waals surface area contributed by atoms with Crippen LogP contribution in [0, 0.1) is 0 Å². The Balaban J connectivity index is 0. The SMILES string of the molecule is O=C(O)CCC(=O)O.OCO. The first kappa shape index (κ1) is 12.5. The van der Waals surface area contributed by atoms with Crippen LogP contribution in [0.15, 0.2) is 0 Å². The molecule has 0 aliphatic carbocycles. The zero-order valence-electron chi connectivity index (χ0n) is 5.73. The van der Waals surface area contributed by atoms with Crippen LogP contribution in [-0.2, 0) is 9.59 Å². The van der Waals surface area contributed by atoms with Crippen molar-refractivity contribution in [1.29, 1.82) is 0 Å². The fourth-order valence-electron chi connectivity index (χ4n) is 0.214. The first-order valence-electron chi connectivity index (χ1n) is 2.70. The largest absolute Gasteiger partial charge is 0.481 e. The van der Waals surface area contributed by atoms with Gasteiger partial charge in [0.05, 0.1) is 12.8 Å². The Morgan fingerprint density at radius 2 is 1.09 bits per heavy atom. The van der Waals surface area contributed by atoms with Gasteiger partial charge in [0.25, 0.3) is 0 Å². The van der Waals surface area contributed by atoms with Gasteiger partial charge in [0.1, 0.15) is 6.79 Å². The number of aliphatic hydroxyl groups is 2. The Morgan fingerprint density at radius 1 is 0.909 bits per heavy atom. The summed E-state index contributed by atoms with van der Waals surface area (Å²) in [6, 6.07) is 0. The molecule has 6 heteroatoms. The molecule has 0 heterocycles. The van der Waals surface area contributed by atoms with Crippen LogP contribution in [0.2, 0.25) is 0 Å². The molecule has 6 nitrogen and oxygen atoms in total.